The maximum absolute atomic E-state index is 13.0. The second kappa shape index (κ2) is 7.58. The molecule has 1 unspecified atom stereocenters. The van der Waals surface area contributed by atoms with Crippen LogP contribution in [0.4, 0.5) is 0 Å². The van der Waals surface area contributed by atoms with E-state index in [0.29, 0.717) is 31.8 Å². The van der Waals surface area contributed by atoms with E-state index in [0.717, 1.165) is 44.6 Å². The molecular formula is C21H29N3O3. The molecule has 1 aromatic rings. The molecule has 0 aromatic carbocycles. The molecule has 27 heavy (non-hydrogen) atoms. The van der Waals surface area contributed by atoms with Gasteiger partial charge in [0.2, 0.25) is 5.91 Å². The number of hydrogen-bond acceptors (Lipinski definition) is 4. The summed E-state index contributed by atoms with van der Waals surface area (Å²) in [6.07, 6.45) is 8.41. The molecule has 6 nitrogen and oxygen atoms in total. The van der Waals surface area contributed by atoms with Gasteiger partial charge in [-0.25, -0.2) is 0 Å². The fourth-order valence-electron chi connectivity index (χ4n) is 4.73. The molecule has 1 saturated carbocycles. The Hall–Kier alpha value is -1.95. The maximum Gasteiger partial charge on any atom is 0.255 e. The highest BCUT2D eigenvalue weighted by Crippen LogP contribution is 2.34. The molecule has 2 aliphatic heterocycles. The molecule has 6 heteroatoms. The number of hydrogen-bond donors (Lipinski definition) is 0. The molecule has 3 aliphatic rings. The lowest BCUT2D eigenvalue weighted by molar-refractivity contribution is -0.139. The summed E-state index contributed by atoms with van der Waals surface area (Å²) < 4.78 is 6.12. The predicted molar refractivity (Wildman–Crippen MR) is 101 cm³/mol. The summed E-state index contributed by atoms with van der Waals surface area (Å²) in [4.78, 5) is 33.6. The number of morpholine rings is 1. The molecule has 3 fully saturated rings. The summed E-state index contributed by atoms with van der Waals surface area (Å²) in [5.74, 6) is 1.20. The number of carbonyl (C=O) groups excluding carboxylic acids is 2. The van der Waals surface area contributed by atoms with E-state index in [-0.39, 0.29) is 17.7 Å². The molecule has 1 aromatic heterocycles. The van der Waals surface area contributed by atoms with Crippen molar-refractivity contribution in [3.05, 3.63) is 30.1 Å². The SMILES string of the molecule is CC1CCC(C(=O)N2CCC3(CN(C(=O)c4cccnc4)CCO3)C2)CC1. The smallest absolute Gasteiger partial charge is 0.255 e. The summed E-state index contributed by atoms with van der Waals surface area (Å²) >= 11 is 0. The van der Waals surface area contributed by atoms with Crippen LogP contribution in [0.3, 0.4) is 0 Å². The van der Waals surface area contributed by atoms with E-state index in [1.165, 1.54) is 0 Å². The standard InChI is InChI=1S/C21H29N3O3/c1-16-4-6-17(7-5-16)19(25)23-10-8-21(14-23)15-24(11-12-27-21)20(26)18-3-2-9-22-13-18/h2-3,9,13,16-17H,4-8,10-12,14-15H2,1H3. The number of likely N-dealkylation sites (tertiary alicyclic amines) is 1. The number of carbonyl (C=O) groups is 2. The van der Waals surface area contributed by atoms with Gasteiger partial charge in [0.1, 0.15) is 5.60 Å². The first-order valence-corrected chi connectivity index (χ1v) is 10.2. The Morgan fingerprint density at radius 2 is 1.93 bits per heavy atom. The molecule has 0 radical (unpaired) electrons. The second-order valence-corrected chi connectivity index (χ2v) is 8.47. The number of nitrogens with zero attached hydrogens (tertiary/aromatic N) is 3. The number of amides is 2. The highest BCUT2D eigenvalue weighted by molar-refractivity contribution is 5.94. The molecule has 1 aliphatic carbocycles. The lowest BCUT2D eigenvalue weighted by atomic mass is 9.82. The van der Waals surface area contributed by atoms with Gasteiger partial charge in [0, 0.05) is 31.4 Å². The van der Waals surface area contributed by atoms with Crippen LogP contribution in [0.2, 0.25) is 0 Å². The summed E-state index contributed by atoms with van der Waals surface area (Å²) in [7, 11) is 0. The molecule has 1 atom stereocenters. The van der Waals surface area contributed by atoms with Gasteiger partial charge in [0.25, 0.3) is 5.91 Å². The van der Waals surface area contributed by atoms with Gasteiger partial charge in [0.15, 0.2) is 0 Å². The minimum Gasteiger partial charge on any atom is -0.369 e. The summed E-state index contributed by atoms with van der Waals surface area (Å²) in [6, 6.07) is 3.58. The van der Waals surface area contributed by atoms with E-state index in [1.807, 2.05) is 9.80 Å². The molecule has 3 heterocycles. The van der Waals surface area contributed by atoms with Gasteiger partial charge in [-0.15, -0.1) is 0 Å². The van der Waals surface area contributed by atoms with Crippen molar-refractivity contribution >= 4 is 11.8 Å². The lowest BCUT2D eigenvalue weighted by Crippen LogP contribution is -2.55. The van der Waals surface area contributed by atoms with Crippen molar-refractivity contribution in [2.45, 2.75) is 44.6 Å². The Balaban J connectivity index is 1.39. The lowest BCUT2D eigenvalue weighted by Gasteiger charge is -2.40. The number of rotatable bonds is 2. The Morgan fingerprint density at radius 3 is 2.67 bits per heavy atom. The number of ether oxygens (including phenoxy) is 1. The zero-order chi connectivity index (χ0) is 18.9. The minimum atomic E-state index is -0.409. The molecule has 2 amide bonds. The van der Waals surface area contributed by atoms with Crippen molar-refractivity contribution in [2.24, 2.45) is 11.8 Å². The van der Waals surface area contributed by atoms with Crippen LogP contribution in [0.25, 0.3) is 0 Å². The van der Waals surface area contributed by atoms with E-state index in [2.05, 4.69) is 11.9 Å². The van der Waals surface area contributed by atoms with E-state index in [1.54, 1.807) is 24.5 Å². The molecule has 2 saturated heterocycles. The van der Waals surface area contributed by atoms with Crippen LogP contribution < -0.4 is 0 Å². The van der Waals surface area contributed by atoms with Crippen LogP contribution in [0.5, 0.6) is 0 Å². The molecule has 146 valence electrons. The average molecular weight is 371 g/mol. The molecular weight excluding hydrogens is 342 g/mol. The summed E-state index contributed by atoms with van der Waals surface area (Å²) in [6.45, 7) is 5.27. The van der Waals surface area contributed by atoms with Crippen LogP contribution in [-0.4, -0.2) is 65.0 Å². The second-order valence-electron chi connectivity index (χ2n) is 8.47. The molecule has 0 bridgehead atoms. The van der Waals surface area contributed by atoms with Crippen molar-refractivity contribution < 1.29 is 14.3 Å². The third-order valence-corrected chi connectivity index (χ3v) is 6.44. The first-order valence-electron chi connectivity index (χ1n) is 10.2. The average Bonchev–Trinajstić information content (AvgIpc) is 3.11. The van der Waals surface area contributed by atoms with E-state index >= 15 is 0 Å². The van der Waals surface area contributed by atoms with Crippen molar-refractivity contribution in [2.75, 3.05) is 32.8 Å². The van der Waals surface area contributed by atoms with Gasteiger partial charge in [-0.1, -0.05) is 6.92 Å². The molecule has 4 rings (SSSR count). The molecule has 1 spiro atoms. The number of pyridine rings is 1. The van der Waals surface area contributed by atoms with Gasteiger partial charge in [-0.05, 0) is 50.2 Å². The quantitative estimate of drug-likeness (QED) is 0.801. The Bertz CT molecular complexity index is 687. The van der Waals surface area contributed by atoms with Crippen molar-refractivity contribution in [1.29, 1.82) is 0 Å². The normalized spacial score (nSPS) is 31.3. The summed E-state index contributed by atoms with van der Waals surface area (Å²) in [5.41, 5.74) is 0.199. The zero-order valence-electron chi connectivity index (χ0n) is 16.1. The van der Waals surface area contributed by atoms with Crippen molar-refractivity contribution in [3.8, 4) is 0 Å². The third-order valence-electron chi connectivity index (χ3n) is 6.44. The maximum atomic E-state index is 13.0. The Morgan fingerprint density at radius 1 is 1.15 bits per heavy atom. The van der Waals surface area contributed by atoms with Crippen LogP contribution in [-0.2, 0) is 9.53 Å². The third kappa shape index (κ3) is 3.86. The van der Waals surface area contributed by atoms with Crippen LogP contribution >= 0.6 is 0 Å². The first-order chi connectivity index (χ1) is 13.1. The van der Waals surface area contributed by atoms with E-state index < -0.39 is 5.60 Å². The highest BCUT2D eigenvalue weighted by atomic mass is 16.5. The minimum absolute atomic E-state index is 0.00294. The Labute approximate surface area is 160 Å². The van der Waals surface area contributed by atoms with Gasteiger partial charge < -0.3 is 14.5 Å². The van der Waals surface area contributed by atoms with Crippen LogP contribution in [0, 0.1) is 11.8 Å². The summed E-state index contributed by atoms with van der Waals surface area (Å²) in [5, 5.41) is 0. The van der Waals surface area contributed by atoms with Crippen LogP contribution in [0.15, 0.2) is 24.5 Å². The van der Waals surface area contributed by atoms with E-state index in [4.69, 9.17) is 4.74 Å². The van der Waals surface area contributed by atoms with Crippen molar-refractivity contribution in [1.82, 2.24) is 14.8 Å². The topological polar surface area (TPSA) is 62.7 Å². The van der Waals surface area contributed by atoms with Gasteiger partial charge >= 0.3 is 0 Å². The van der Waals surface area contributed by atoms with Crippen molar-refractivity contribution in [3.63, 3.8) is 0 Å². The van der Waals surface area contributed by atoms with Gasteiger partial charge in [0.05, 0.1) is 25.3 Å². The number of aromatic nitrogens is 1. The largest absolute Gasteiger partial charge is 0.369 e. The molecule has 0 N–H and O–H groups in total. The van der Waals surface area contributed by atoms with Crippen LogP contribution in [0.1, 0.15) is 49.4 Å². The van der Waals surface area contributed by atoms with Gasteiger partial charge in [-0.2, -0.15) is 0 Å². The fraction of sp³-hybridized carbons (Fsp3) is 0.667. The zero-order valence-corrected chi connectivity index (χ0v) is 16.1. The Kier molecular flexibility index (Phi) is 5.17. The van der Waals surface area contributed by atoms with E-state index in [9.17, 15) is 9.59 Å². The highest BCUT2D eigenvalue weighted by Gasteiger charge is 2.46. The monoisotopic (exact) mass is 371 g/mol. The fourth-order valence-corrected chi connectivity index (χ4v) is 4.73. The first kappa shape index (κ1) is 18.4. The predicted octanol–water partition coefficient (Wildman–Crippen LogP) is 2.35. The van der Waals surface area contributed by atoms with Gasteiger partial charge in [-0.3, -0.25) is 14.6 Å².